The van der Waals surface area contributed by atoms with E-state index in [-0.39, 0.29) is 5.54 Å². The van der Waals surface area contributed by atoms with Crippen molar-refractivity contribution in [2.24, 2.45) is 5.84 Å². The highest BCUT2D eigenvalue weighted by Crippen LogP contribution is 2.37. The quantitative estimate of drug-likeness (QED) is 0.356. The summed E-state index contributed by atoms with van der Waals surface area (Å²) in [6.07, 6.45) is 5.76. The lowest BCUT2D eigenvalue weighted by Gasteiger charge is -2.49. The predicted octanol–water partition coefficient (Wildman–Crippen LogP) is 1.40. The molecule has 0 bridgehead atoms. The normalized spacial score (nSPS) is 16.9. The molecule has 1 saturated carbocycles. The monoisotopic (exact) mass is 296 g/mol. The highest BCUT2D eigenvalue weighted by atomic mass is 32.2. The maximum atomic E-state index is 5.48. The summed E-state index contributed by atoms with van der Waals surface area (Å²) in [6, 6.07) is 1.89. The largest absolute Gasteiger partial charge is 0.358 e. The first kappa shape index (κ1) is 15.3. The molecule has 1 aromatic heterocycles. The van der Waals surface area contributed by atoms with Gasteiger partial charge in [0.1, 0.15) is 11.6 Å². The Labute approximate surface area is 125 Å². The van der Waals surface area contributed by atoms with Crippen molar-refractivity contribution in [2.45, 2.75) is 30.0 Å². The fourth-order valence-electron chi connectivity index (χ4n) is 2.63. The van der Waals surface area contributed by atoms with Crippen molar-refractivity contribution in [1.29, 1.82) is 0 Å². The molecule has 0 unspecified atom stereocenters. The van der Waals surface area contributed by atoms with Gasteiger partial charge in [0, 0.05) is 25.2 Å². The predicted molar refractivity (Wildman–Crippen MR) is 85.2 cm³/mol. The van der Waals surface area contributed by atoms with Crippen LogP contribution in [0.1, 0.15) is 19.3 Å². The second-order valence-electron chi connectivity index (χ2n) is 5.57. The van der Waals surface area contributed by atoms with Gasteiger partial charge in [0.15, 0.2) is 5.16 Å². The molecule has 2 rings (SSSR count). The number of nitrogens with zero attached hydrogens (tertiary/aromatic N) is 4. The van der Waals surface area contributed by atoms with E-state index in [2.05, 4.69) is 46.3 Å². The minimum atomic E-state index is 0.273. The van der Waals surface area contributed by atoms with Gasteiger partial charge in [0.05, 0.1) is 0 Å². The molecule has 0 atom stereocenters. The third kappa shape index (κ3) is 2.99. The average molecular weight is 296 g/mol. The number of aromatic nitrogens is 2. The number of nitrogens with two attached hydrogens (primary N) is 1. The number of nitrogen functional groups attached to an aromatic ring is 1. The van der Waals surface area contributed by atoms with Crippen LogP contribution in [0.2, 0.25) is 0 Å². The molecule has 0 aliphatic heterocycles. The molecule has 1 aliphatic carbocycles. The molecular formula is C13H24N6S. The lowest BCUT2D eigenvalue weighted by Crippen LogP contribution is -2.56. The summed E-state index contributed by atoms with van der Waals surface area (Å²) in [5, 5.41) is 0.731. The maximum absolute atomic E-state index is 5.48. The number of anilines is 2. The van der Waals surface area contributed by atoms with Crippen LogP contribution in [-0.2, 0) is 0 Å². The van der Waals surface area contributed by atoms with E-state index in [0.717, 1.165) is 17.5 Å². The molecule has 1 aromatic rings. The van der Waals surface area contributed by atoms with Crippen molar-refractivity contribution in [2.75, 3.05) is 44.3 Å². The molecule has 1 fully saturated rings. The van der Waals surface area contributed by atoms with E-state index >= 15 is 0 Å². The molecule has 0 amide bonds. The summed E-state index contributed by atoms with van der Waals surface area (Å²) in [7, 11) is 6.40. The first-order valence-corrected chi connectivity index (χ1v) is 8.01. The standard InChI is InChI=1S/C13H24N6S/c1-18(2)13(6-5-7-13)9-19(3)11-8-10(17-14)15-12(16-11)20-4/h8H,5-7,9,14H2,1-4H3,(H,15,16,17). The first-order valence-electron chi connectivity index (χ1n) is 6.79. The second-order valence-corrected chi connectivity index (χ2v) is 6.34. The van der Waals surface area contributed by atoms with Crippen LogP contribution in [0.3, 0.4) is 0 Å². The molecule has 0 spiro atoms. The second kappa shape index (κ2) is 6.15. The summed E-state index contributed by atoms with van der Waals surface area (Å²) in [5.41, 5.74) is 2.88. The van der Waals surface area contributed by atoms with Gasteiger partial charge in [-0.05, 0) is 39.6 Å². The fourth-order valence-corrected chi connectivity index (χ4v) is 3.00. The molecule has 1 aliphatic rings. The number of hydrazine groups is 1. The molecule has 1 heterocycles. The van der Waals surface area contributed by atoms with Crippen molar-refractivity contribution in [3.8, 4) is 0 Å². The van der Waals surface area contributed by atoms with E-state index in [4.69, 9.17) is 5.84 Å². The van der Waals surface area contributed by atoms with Gasteiger partial charge in [-0.15, -0.1) is 0 Å². The summed E-state index contributed by atoms with van der Waals surface area (Å²) >= 11 is 1.52. The van der Waals surface area contributed by atoms with Crippen LogP contribution < -0.4 is 16.2 Å². The Morgan fingerprint density at radius 3 is 2.50 bits per heavy atom. The minimum absolute atomic E-state index is 0.273. The Morgan fingerprint density at radius 1 is 1.35 bits per heavy atom. The number of hydrogen-bond acceptors (Lipinski definition) is 7. The van der Waals surface area contributed by atoms with E-state index in [0.29, 0.717) is 5.82 Å². The van der Waals surface area contributed by atoms with E-state index in [1.54, 1.807) is 0 Å². The topological polar surface area (TPSA) is 70.3 Å². The molecule has 0 aromatic carbocycles. The van der Waals surface area contributed by atoms with Crippen LogP contribution in [0, 0.1) is 0 Å². The zero-order valence-corrected chi connectivity index (χ0v) is 13.5. The Kier molecular flexibility index (Phi) is 4.72. The molecule has 0 saturated heterocycles. The smallest absolute Gasteiger partial charge is 0.191 e. The first-order chi connectivity index (χ1) is 9.50. The lowest BCUT2D eigenvalue weighted by atomic mass is 9.75. The molecule has 112 valence electrons. The summed E-state index contributed by atoms with van der Waals surface area (Å²) in [5.74, 6) is 7.04. The fraction of sp³-hybridized carbons (Fsp3) is 0.692. The molecule has 20 heavy (non-hydrogen) atoms. The SMILES string of the molecule is CSc1nc(NN)cc(N(C)CC2(N(C)C)CCC2)n1. The molecule has 7 heteroatoms. The van der Waals surface area contributed by atoms with Gasteiger partial charge >= 0.3 is 0 Å². The van der Waals surface area contributed by atoms with Gasteiger partial charge in [-0.1, -0.05) is 11.8 Å². The van der Waals surface area contributed by atoms with Crippen molar-refractivity contribution in [1.82, 2.24) is 14.9 Å². The van der Waals surface area contributed by atoms with Gasteiger partial charge in [0.2, 0.25) is 0 Å². The number of likely N-dealkylation sites (N-methyl/N-ethyl adjacent to an activating group) is 2. The van der Waals surface area contributed by atoms with Crippen LogP contribution >= 0.6 is 11.8 Å². The Bertz CT molecular complexity index is 438. The van der Waals surface area contributed by atoms with Crippen LogP contribution in [-0.4, -0.2) is 54.4 Å². The average Bonchev–Trinajstić information content (AvgIpc) is 2.41. The molecule has 3 N–H and O–H groups in total. The molecule has 6 nitrogen and oxygen atoms in total. The Morgan fingerprint density at radius 2 is 2.05 bits per heavy atom. The van der Waals surface area contributed by atoms with E-state index < -0.39 is 0 Å². The zero-order valence-electron chi connectivity index (χ0n) is 12.7. The maximum Gasteiger partial charge on any atom is 0.191 e. The lowest BCUT2D eigenvalue weighted by molar-refractivity contribution is 0.0681. The van der Waals surface area contributed by atoms with E-state index in [1.165, 1.54) is 31.0 Å². The van der Waals surface area contributed by atoms with Crippen molar-refractivity contribution in [3.63, 3.8) is 0 Å². The number of nitrogens with one attached hydrogen (secondary N) is 1. The molecule has 0 radical (unpaired) electrons. The van der Waals surface area contributed by atoms with Gasteiger partial charge in [-0.3, -0.25) is 0 Å². The summed E-state index contributed by atoms with van der Waals surface area (Å²) < 4.78 is 0. The number of rotatable bonds is 6. The van der Waals surface area contributed by atoms with Crippen molar-refractivity contribution >= 4 is 23.4 Å². The van der Waals surface area contributed by atoms with Crippen LogP contribution in [0.15, 0.2) is 11.2 Å². The van der Waals surface area contributed by atoms with Gasteiger partial charge in [-0.25, -0.2) is 15.8 Å². The van der Waals surface area contributed by atoms with Crippen LogP contribution in [0.5, 0.6) is 0 Å². The highest BCUT2D eigenvalue weighted by Gasteiger charge is 2.40. The molecular weight excluding hydrogens is 272 g/mol. The van der Waals surface area contributed by atoms with Gasteiger partial charge in [0.25, 0.3) is 0 Å². The Balaban J connectivity index is 2.18. The third-order valence-corrected chi connectivity index (χ3v) is 4.73. The number of thioether (sulfide) groups is 1. The van der Waals surface area contributed by atoms with E-state index in [1.807, 2.05) is 12.3 Å². The number of hydrogen-bond donors (Lipinski definition) is 2. The summed E-state index contributed by atoms with van der Waals surface area (Å²) in [6.45, 7) is 0.967. The Hall–Kier alpha value is -1.05. The highest BCUT2D eigenvalue weighted by molar-refractivity contribution is 7.98. The van der Waals surface area contributed by atoms with Crippen molar-refractivity contribution < 1.29 is 0 Å². The van der Waals surface area contributed by atoms with Gasteiger partial charge < -0.3 is 15.2 Å². The minimum Gasteiger partial charge on any atom is -0.358 e. The van der Waals surface area contributed by atoms with Crippen molar-refractivity contribution in [3.05, 3.63) is 6.07 Å². The third-order valence-electron chi connectivity index (χ3n) is 4.18. The van der Waals surface area contributed by atoms with E-state index in [9.17, 15) is 0 Å². The van der Waals surface area contributed by atoms with Crippen LogP contribution in [0.4, 0.5) is 11.6 Å². The van der Waals surface area contributed by atoms with Crippen LogP contribution in [0.25, 0.3) is 0 Å². The zero-order chi connectivity index (χ0) is 14.8. The summed E-state index contributed by atoms with van der Waals surface area (Å²) in [4.78, 5) is 13.4. The van der Waals surface area contributed by atoms with Gasteiger partial charge in [-0.2, -0.15) is 0 Å².